The van der Waals surface area contributed by atoms with Crippen molar-refractivity contribution in [3.05, 3.63) is 48.3 Å². The molecule has 0 saturated heterocycles. The number of hydrogen-bond acceptors (Lipinski definition) is 4. The van der Waals surface area contributed by atoms with E-state index in [0.717, 1.165) is 0 Å². The second-order valence-electron chi connectivity index (χ2n) is 4.33. The second kappa shape index (κ2) is 7.31. The van der Waals surface area contributed by atoms with Gasteiger partial charge in [-0.05, 0) is 24.3 Å². The monoisotopic (exact) mass is 305 g/mol. The van der Waals surface area contributed by atoms with Gasteiger partial charge in [-0.15, -0.1) is 0 Å². The van der Waals surface area contributed by atoms with Gasteiger partial charge < -0.3 is 19.5 Å². The first-order chi connectivity index (χ1) is 10.6. The first-order valence-corrected chi connectivity index (χ1v) is 6.53. The second-order valence-corrected chi connectivity index (χ2v) is 4.33. The molecule has 1 N–H and O–H groups in total. The molecular formula is C16H16FNO4. The minimum absolute atomic E-state index is 0.236. The molecule has 2 rings (SSSR count). The number of amides is 1. The molecule has 2 aromatic rings. The summed E-state index contributed by atoms with van der Waals surface area (Å²) >= 11 is 0. The number of halogens is 1. The Hall–Kier alpha value is -2.76. The summed E-state index contributed by atoms with van der Waals surface area (Å²) in [5.41, 5.74) is 0.246. The third kappa shape index (κ3) is 3.88. The van der Waals surface area contributed by atoms with Crippen molar-refractivity contribution in [3.8, 4) is 17.2 Å². The molecule has 0 spiro atoms. The Labute approximate surface area is 127 Å². The Morgan fingerprint density at radius 2 is 1.73 bits per heavy atom. The molecule has 6 heteroatoms. The molecule has 0 fully saturated rings. The van der Waals surface area contributed by atoms with E-state index in [0.29, 0.717) is 17.2 Å². The summed E-state index contributed by atoms with van der Waals surface area (Å²) in [7, 11) is 2.95. The van der Waals surface area contributed by atoms with Crippen LogP contribution < -0.4 is 19.5 Å². The molecule has 0 atom stereocenters. The highest BCUT2D eigenvalue weighted by atomic mass is 19.1. The molecule has 0 bridgehead atoms. The number of hydrogen-bond donors (Lipinski definition) is 1. The lowest BCUT2D eigenvalue weighted by Crippen LogP contribution is -2.20. The number of para-hydroxylation sites is 2. The number of carbonyl (C=O) groups is 1. The molecule has 2 aromatic carbocycles. The number of methoxy groups -OCH3 is 2. The van der Waals surface area contributed by atoms with E-state index in [-0.39, 0.29) is 12.3 Å². The molecule has 0 aliphatic rings. The van der Waals surface area contributed by atoms with Gasteiger partial charge in [0.25, 0.3) is 5.91 Å². The van der Waals surface area contributed by atoms with E-state index in [9.17, 15) is 9.18 Å². The van der Waals surface area contributed by atoms with E-state index in [1.54, 1.807) is 24.3 Å². The van der Waals surface area contributed by atoms with Crippen LogP contribution in [0.3, 0.4) is 0 Å². The van der Waals surface area contributed by atoms with Gasteiger partial charge in [-0.3, -0.25) is 4.79 Å². The van der Waals surface area contributed by atoms with E-state index < -0.39 is 11.7 Å². The summed E-state index contributed by atoms with van der Waals surface area (Å²) < 4.78 is 28.8. The average Bonchev–Trinajstić information content (AvgIpc) is 2.53. The predicted octanol–water partition coefficient (Wildman–Crippen LogP) is 2.86. The fourth-order valence-corrected chi connectivity index (χ4v) is 1.85. The van der Waals surface area contributed by atoms with Crippen molar-refractivity contribution in [2.75, 3.05) is 26.1 Å². The van der Waals surface area contributed by atoms with Crippen LogP contribution in [0.2, 0.25) is 0 Å². The maximum atomic E-state index is 13.2. The van der Waals surface area contributed by atoms with E-state index in [4.69, 9.17) is 14.2 Å². The van der Waals surface area contributed by atoms with E-state index >= 15 is 0 Å². The largest absolute Gasteiger partial charge is 0.495 e. The summed E-state index contributed by atoms with van der Waals surface area (Å²) in [5, 5.41) is 2.54. The summed E-state index contributed by atoms with van der Waals surface area (Å²) in [5.74, 6) is 0.439. The Kier molecular flexibility index (Phi) is 5.19. The molecular weight excluding hydrogens is 289 g/mol. The Morgan fingerprint density at radius 1 is 1.05 bits per heavy atom. The molecule has 0 aliphatic carbocycles. The lowest BCUT2D eigenvalue weighted by molar-refractivity contribution is -0.118. The van der Waals surface area contributed by atoms with Gasteiger partial charge in [-0.2, -0.15) is 0 Å². The van der Waals surface area contributed by atoms with Crippen LogP contribution in [0.25, 0.3) is 0 Å². The Balaban J connectivity index is 2.00. The summed E-state index contributed by atoms with van der Waals surface area (Å²) in [6, 6.07) is 10.8. The zero-order valence-corrected chi connectivity index (χ0v) is 12.3. The number of ether oxygens (including phenoxy) is 3. The molecule has 0 unspecified atom stereocenters. The molecule has 0 aromatic heterocycles. The van der Waals surface area contributed by atoms with Crippen molar-refractivity contribution >= 4 is 11.6 Å². The lowest BCUT2D eigenvalue weighted by atomic mass is 10.3. The van der Waals surface area contributed by atoms with Crippen LogP contribution in [0.5, 0.6) is 17.2 Å². The predicted molar refractivity (Wildman–Crippen MR) is 80.1 cm³/mol. The highest BCUT2D eigenvalue weighted by Crippen LogP contribution is 2.27. The maximum absolute atomic E-state index is 13.2. The third-order valence-corrected chi connectivity index (χ3v) is 2.86. The van der Waals surface area contributed by atoms with Crippen molar-refractivity contribution in [1.29, 1.82) is 0 Å². The molecule has 22 heavy (non-hydrogen) atoms. The Morgan fingerprint density at radius 3 is 2.41 bits per heavy atom. The Bertz CT molecular complexity index is 660. The number of nitrogens with one attached hydrogen (secondary N) is 1. The first kappa shape index (κ1) is 15.6. The van der Waals surface area contributed by atoms with Gasteiger partial charge in [0.1, 0.15) is 11.6 Å². The van der Waals surface area contributed by atoms with Crippen LogP contribution in [-0.4, -0.2) is 26.7 Å². The molecule has 0 saturated carbocycles. The highest BCUT2D eigenvalue weighted by Gasteiger charge is 2.11. The summed E-state index contributed by atoms with van der Waals surface area (Å²) in [6.07, 6.45) is 0. The van der Waals surface area contributed by atoms with Crippen molar-refractivity contribution in [2.24, 2.45) is 0 Å². The first-order valence-electron chi connectivity index (χ1n) is 6.53. The van der Waals surface area contributed by atoms with E-state index in [1.807, 2.05) is 0 Å². The van der Waals surface area contributed by atoms with Gasteiger partial charge in [0, 0.05) is 6.07 Å². The van der Waals surface area contributed by atoms with Crippen LogP contribution in [0.4, 0.5) is 10.1 Å². The van der Waals surface area contributed by atoms with Crippen molar-refractivity contribution in [3.63, 3.8) is 0 Å². The maximum Gasteiger partial charge on any atom is 0.262 e. The van der Waals surface area contributed by atoms with Crippen LogP contribution in [-0.2, 0) is 4.79 Å². The topological polar surface area (TPSA) is 56.8 Å². The molecule has 0 heterocycles. The van der Waals surface area contributed by atoms with Gasteiger partial charge in [0.2, 0.25) is 0 Å². The highest BCUT2D eigenvalue weighted by molar-refractivity contribution is 5.93. The lowest BCUT2D eigenvalue weighted by Gasteiger charge is -2.12. The molecule has 116 valence electrons. The SMILES string of the molecule is COc1ccc(F)cc1NC(=O)COc1ccccc1OC. The zero-order valence-electron chi connectivity index (χ0n) is 12.3. The molecule has 5 nitrogen and oxygen atoms in total. The third-order valence-electron chi connectivity index (χ3n) is 2.86. The summed E-state index contributed by atoms with van der Waals surface area (Å²) in [6.45, 7) is -0.236. The van der Waals surface area contributed by atoms with Crippen molar-refractivity contribution in [1.82, 2.24) is 0 Å². The van der Waals surface area contributed by atoms with E-state index in [1.165, 1.54) is 32.4 Å². The molecule has 0 radical (unpaired) electrons. The average molecular weight is 305 g/mol. The number of rotatable bonds is 6. The van der Waals surface area contributed by atoms with Crippen molar-refractivity contribution in [2.45, 2.75) is 0 Å². The minimum Gasteiger partial charge on any atom is -0.495 e. The minimum atomic E-state index is -0.471. The number of anilines is 1. The van der Waals surface area contributed by atoms with Crippen LogP contribution in [0.1, 0.15) is 0 Å². The van der Waals surface area contributed by atoms with Crippen LogP contribution in [0.15, 0.2) is 42.5 Å². The summed E-state index contributed by atoms with van der Waals surface area (Å²) in [4.78, 5) is 11.9. The molecule has 0 aliphatic heterocycles. The zero-order chi connectivity index (χ0) is 15.9. The normalized spacial score (nSPS) is 9.95. The number of benzene rings is 2. The quantitative estimate of drug-likeness (QED) is 0.891. The fourth-order valence-electron chi connectivity index (χ4n) is 1.85. The molecule has 1 amide bonds. The van der Waals surface area contributed by atoms with Gasteiger partial charge in [0.15, 0.2) is 18.1 Å². The number of carbonyl (C=O) groups excluding carboxylic acids is 1. The van der Waals surface area contributed by atoms with Crippen molar-refractivity contribution < 1.29 is 23.4 Å². The van der Waals surface area contributed by atoms with Crippen LogP contribution >= 0.6 is 0 Å². The van der Waals surface area contributed by atoms with E-state index in [2.05, 4.69) is 5.32 Å². The van der Waals surface area contributed by atoms with Gasteiger partial charge in [0.05, 0.1) is 19.9 Å². The van der Waals surface area contributed by atoms with Crippen LogP contribution in [0, 0.1) is 5.82 Å². The fraction of sp³-hybridized carbons (Fsp3) is 0.188. The van der Waals surface area contributed by atoms with Gasteiger partial charge in [-0.25, -0.2) is 4.39 Å². The van der Waals surface area contributed by atoms with Gasteiger partial charge >= 0.3 is 0 Å². The standard InChI is InChI=1S/C16H16FNO4/c1-20-13-8-7-11(17)9-12(13)18-16(19)10-22-15-6-4-3-5-14(15)21-2/h3-9H,10H2,1-2H3,(H,18,19). The smallest absolute Gasteiger partial charge is 0.262 e. The van der Waals surface area contributed by atoms with Gasteiger partial charge in [-0.1, -0.05) is 12.1 Å².